The van der Waals surface area contributed by atoms with Crippen molar-refractivity contribution in [2.24, 2.45) is 0 Å². The van der Waals surface area contributed by atoms with Gasteiger partial charge in [0, 0.05) is 25.2 Å². The Morgan fingerprint density at radius 3 is 2.05 bits per heavy atom. The van der Waals surface area contributed by atoms with E-state index in [2.05, 4.69) is 34.9 Å². The van der Waals surface area contributed by atoms with E-state index < -0.39 is 12.1 Å². The molecule has 1 aliphatic heterocycles. The molecule has 2 amide bonds. The van der Waals surface area contributed by atoms with Gasteiger partial charge in [0.25, 0.3) is 0 Å². The summed E-state index contributed by atoms with van der Waals surface area (Å²) in [5.74, 6) is -2.82. The van der Waals surface area contributed by atoms with Gasteiger partial charge < -0.3 is 20.6 Å². The number of carboxylic acids is 1. The number of fused-ring (bicyclic) bond motifs is 1. The first-order valence-corrected chi connectivity index (χ1v) is 11.9. The van der Waals surface area contributed by atoms with Crippen LogP contribution in [0.1, 0.15) is 36.5 Å². The van der Waals surface area contributed by atoms with E-state index in [1.54, 1.807) is 13.1 Å². The maximum Gasteiger partial charge on any atom is 0.490 e. The molecule has 0 spiro atoms. The summed E-state index contributed by atoms with van der Waals surface area (Å²) in [5.41, 5.74) is 3.62. The molecule has 2 aromatic carbocycles. The number of amides is 2. The molecule has 0 aliphatic carbocycles. The summed E-state index contributed by atoms with van der Waals surface area (Å²) in [5, 5.41) is 13.3. The third-order valence-electron chi connectivity index (χ3n) is 5.85. The van der Waals surface area contributed by atoms with Crippen molar-refractivity contribution in [1.82, 2.24) is 15.5 Å². The minimum atomic E-state index is -5.08. The molecule has 0 unspecified atom stereocenters. The fourth-order valence-electron chi connectivity index (χ4n) is 3.78. The Morgan fingerprint density at radius 2 is 1.57 bits per heavy atom. The first-order chi connectivity index (χ1) is 17.5. The van der Waals surface area contributed by atoms with Crippen LogP contribution < -0.4 is 10.6 Å². The van der Waals surface area contributed by atoms with Gasteiger partial charge in [-0.1, -0.05) is 67.6 Å². The van der Waals surface area contributed by atoms with Crippen LogP contribution in [0.25, 0.3) is 0 Å². The SMILES string of the molecule is CC[C@H](NC)C(=O)N[C@H](C=CC(=O)N1Cc2ccccc2C1)CCc1ccccc1.O=C(O)C(F)(F)F. The standard InChI is InChI=1S/C25H31N3O2.C2HF3O2/c1-3-23(26-2)25(30)27-22(14-13-19-9-5-4-6-10-19)15-16-24(29)28-17-20-11-7-8-12-21(20)18-28;3-2(4,5)1(6)7/h4-12,15-16,22-23,26H,3,13-14,17-18H2,1-2H3,(H,27,30);(H,6,7)/t22-,23-;/m0./s1. The Bertz CT molecular complexity index is 1050. The lowest BCUT2D eigenvalue weighted by Crippen LogP contribution is -2.46. The molecule has 200 valence electrons. The normalized spacial score (nSPS) is 14.4. The number of benzene rings is 2. The quantitative estimate of drug-likeness (QED) is 0.438. The van der Waals surface area contributed by atoms with Gasteiger partial charge in [-0.15, -0.1) is 0 Å². The molecule has 3 rings (SSSR count). The van der Waals surface area contributed by atoms with Crippen LogP contribution in [0.5, 0.6) is 0 Å². The van der Waals surface area contributed by atoms with Gasteiger partial charge in [-0.25, -0.2) is 4.79 Å². The van der Waals surface area contributed by atoms with E-state index in [1.807, 2.05) is 48.2 Å². The van der Waals surface area contributed by atoms with Crippen LogP contribution >= 0.6 is 0 Å². The second-order valence-corrected chi connectivity index (χ2v) is 8.51. The Morgan fingerprint density at radius 1 is 1.03 bits per heavy atom. The van der Waals surface area contributed by atoms with Gasteiger partial charge in [0.2, 0.25) is 11.8 Å². The van der Waals surface area contributed by atoms with E-state index in [4.69, 9.17) is 9.90 Å². The number of nitrogens with zero attached hydrogens (tertiary/aromatic N) is 1. The lowest BCUT2D eigenvalue weighted by molar-refractivity contribution is -0.192. The number of hydrogen-bond donors (Lipinski definition) is 3. The Labute approximate surface area is 214 Å². The Balaban J connectivity index is 0.000000604. The lowest BCUT2D eigenvalue weighted by atomic mass is 10.0. The molecule has 0 aromatic heterocycles. The van der Waals surface area contributed by atoms with Crippen molar-refractivity contribution in [3.05, 3.63) is 83.4 Å². The van der Waals surface area contributed by atoms with Gasteiger partial charge in [-0.05, 0) is 43.0 Å². The van der Waals surface area contributed by atoms with E-state index in [0.717, 1.165) is 12.8 Å². The van der Waals surface area contributed by atoms with Gasteiger partial charge in [-0.2, -0.15) is 13.2 Å². The first-order valence-electron chi connectivity index (χ1n) is 11.9. The van der Waals surface area contributed by atoms with Gasteiger partial charge in [0.05, 0.1) is 6.04 Å². The molecule has 0 radical (unpaired) electrons. The van der Waals surface area contributed by atoms with Crippen molar-refractivity contribution in [3.8, 4) is 0 Å². The molecule has 7 nitrogen and oxygen atoms in total. The number of carboxylic acid groups (broad SMARTS) is 1. The first kappa shape index (κ1) is 29.6. The van der Waals surface area contributed by atoms with Crippen LogP contribution in [0, 0.1) is 0 Å². The summed E-state index contributed by atoms with van der Waals surface area (Å²) in [4.78, 5) is 36.0. The smallest absolute Gasteiger partial charge is 0.475 e. The second kappa shape index (κ2) is 14.2. The molecule has 0 fully saturated rings. The highest BCUT2D eigenvalue weighted by molar-refractivity contribution is 5.88. The molecule has 3 N–H and O–H groups in total. The summed E-state index contributed by atoms with van der Waals surface area (Å²) in [7, 11) is 1.79. The highest BCUT2D eigenvalue weighted by Crippen LogP contribution is 2.22. The second-order valence-electron chi connectivity index (χ2n) is 8.51. The molecule has 37 heavy (non-hydrogen) atoms. The summed E-state index contributed by atoms with van der Waals surface area (Å²) in [6, 6.07) is 17.9. The molecule has 0 saturated carbocycles. The average Bonchev–Trinajstić information content (AvgIpc) is 3.31. The van der Waals surface area contributed by atoms with Crippen LogP contribution in [0.3, 0.4) is 0 Å². The molecular weight excluding hydrogens is 487 g/mol. The molecular formula is C27H32F3N3O4. The predicted molar refractivity (Wildman–Crippen MR) is 133 cm³/mol. The maximum atomic E-state index is 12.7. The van der Waals surface area contributed by atoms with Crippen molar-refractivity contribution < 1.29 is 32.7 Å². The largest absolute Gasteiger partial charge is 0.490 e. The number of aryl methyl sites for hydroxylation is 1. The number of hydrogen-bond acceptors (Lipinski definition) is 4. The van der Waals surface area contributed by atoms with Crippen LogP contribution in [0.2, 0.25) is 0 Å². The topological polar surface area (TPSA) is 98.7 Å². The van der Waals surface area contributed by atoms with Crippen molar-refractivity contribution in [2.75, 3.05) is 7.05 Å². The van der Waals surface area contributed by atoms with Crippen molar-refractivity contribution in [2.45, 2.75) is 57.5 Å². The van der Waals surface area contributed by atoms with E-state index in [1.165, 1.54) is 16.7 Å². The number of nitrogens with one attached hydrogen (secondary N) is 2. The van der Waals surface area contributed by atoms with Crippen LogP contribution in [-0.2, 0) is 33.9 Å². The number of alkyl halides is 3. The number of aliphatic carboxylic acids is 1. The number of carbonyl (C=O) groups is 3. The zero-order valence-electron chi connectivity index (χ0n) is 20.8. The highest BCUT2D eigenvalue weighted by atomic mass is 19.4. The van der Waals surface area contributed by atoms with Gasteiger partial charge in [-0.3, -0.25) is 9.59 Å². The Kier molecular flexibility index (Phi) is 11.3. The van der Waals surface area contributed by atoms with E-state index in [9.17, 15) is 22.8 Å². The minimum Gasteiger partial charge on any atom is -0.475 e. The van der Waals surface area contributed by atoms with E-state index in [0.29, 0.717) is 19.5 Å². The number of halogens is 3. The van der Waals surface area contributed by atoms with Gasteiger partial charge in [0.15, 0.2) is 0 Å². The maximum absolute atomic E-state index is 12.7. The molecule has 0 bridgehead atoms. The van der Waals surface area contributed by atoms with Crippen molar-refractivity contribution in [3.63, 3.8) is 0 Å². The molecule has 10 heteroatoms. The third-order valence-corrected chi connectivity index (χ3v) is 5.85. The van der Waals surface area contributed by atoms with E-state index in [-0.39, 0.29) is 23.9 Å². The van der Waals surface area contributed by atoms with Crippen LogP contribution in [0.4, 0.5) is 13.2 Å². The molecule has 1 aliphatic rings. The van der Waals surface area contributed by atoms with Crippen molar-refractivity contribution >= 4 is 17.8 Å². The zero-order valence-corrected chi connectivity index (χ0v) is 20.8. The number of likely N-dealkylation sites (N-methyl/N-ethyl adjacent to an activating group) is 1. The zero-order chi connectivity index (χ0) is 27.4. The summed E-state index contributed by atoms with van der Waals surface area (Å²) in [6.07, 6.45) is 0.648. The molecule has 2 aromatic rings. The minimum absolute atomic E-state index is 0.0224. The molecule has 0 saturated heterocycles. The molecule has 2 atom stereocenters. The fraction of sp³-hybridized carbons (Fsp3) is 0.370. The third kappa shape index (κ3) is 9.72. The van der Waals surface area contributed by atoms with E-state index >= 15 is 0 Å². The average molecular weight is 520 g/mol. The number of carbonyl (C=O) groups excluding carboxylic acids is 2. The Hall–Kier alpha value is -3.66. The summed E-state index contributed by atoms with van der Waals surface area (Å²) in [6.45, 7) is 3.25. The summed E-state index contributed by atoms with van der Waals surface area (Å²) < 4.78 is 31.7. The van der Waals surface area contributed by atoms with Crippen LogP contribution in [0.15, 0.2) is 66.7 Å². The van der Waals surface area contributed by atoms with Gasteiger partial charge in [0.1, 0.15) is 0 Å². The monoisotopic (exact) mass is 519 g/mol. The summed E-state index contributed by atoms with van der Waals surface area (Å²) >= 11 is 0. The van der Waals surface area contributed by atoms with Crippen molar-refractivity contribution in [1.29, 1.82) is 0 Å². The van der Waals surface area contributed by atoms with Gasteiger partial charge >= 0.3 is 12.1 Å². The molecule has 1 heterocycles. The van der Waals surface area contributed by atoms with Crippen LogP contribution in [-0.4, -0.2) is 53.1 Å². The predicted octanol–water partition coefficient (Wildman–Crippen LogP) is 3.83. The lowest BCUT2D eigenvalue weighted by Gasteiger charge is -2.20. The fourth-order valence-corrected chi connectivity index (χ4v) is 3.78. The number of rotatable bonds is 9. The highest BCUT2D eigenvalue weighted by Gasteiger charge is 2.38.